The molecule has 1 saturated carbocycles. The lowest BCUT2D eigenvalue weighted by molar-refractivity contribution is -0.139. The van der Waals surface area contributed by atoms with Crippen LogP contribution >= 0.6 is 11.8 Å². The first kappa shape index (κ1) is 27.8. The monoisotopic (exact) mass is 530 g/mol. The fourth-order valence-corrected chi connectivity index (χ4v) is 5.98. The second-order valence-electron chi connectivity index (χ2n) is 9.99. The van der Waals surface area contributed by atoms with E-state index in [9.17, 15) is 9.59 Å². The smallest absolute Gasteiger partial charge is 0.243 e. The topological polar surface area (TPSA) is 58.6 Å². The maximum Gasteiger partial charge on any atom is 0.243 e. The van der Waals surface area contributed by atoms with Crippen LogP contribution in [0.2, 0.25) is 0 Å². The van der Waals surface area contributed by atoms with E-state index in [-0.39, 0.29) is 17.9 Å². The molecule has 2 amide bonds. The van der Waals surface area contributed by atoms with Crippen LogP contribution in [0.25, 0.3) is 0 Å². The lowest BCUT2D eigenvalue weighted by atomic mass is 10.0. The number of carbonyl (C=O) groups is 2. The first-order chi connectivity index (χ1) is 18.5. The molecular formula is C32H38N2O3S. The molecule has 0 spiro atoms. The zero-order valence-corrected chi connectivity index (χ0v) is 23.2. The average Bonchev–Trinajstić information content (AvgIpc) is 3.45. The van der Waals surface area contributed by atoms with Crippen molar-refractivity contribution in [3.8, 4) is 5.75 Å². The molecular weight excluding hydrogens is 492 g/mol. The number of amides is 2. The predicted molar refractivity (Wildman–Crippen MR) is 155 cm³/mol. The Morgan fingerprint density at radius 1 is 0.974 bits per heavy atom. The number of thioether (sulfide) groups is 1. The number of benzene rings is 3. The molecule has 1 N–H and O–H groups in total. The van der Waals surface area contributed by atoms with Gasteiger partial charge in [-0.25, -0.2) is 0 Å². The summed E-state index contributed by atoms with van der Waals surface area (Å²) in [4.78, 5) is 29.4. The van der Waals surface area contributed by atoms with Gasteiger partial charge in [0.2, 0.25) is 11.8 Å². The molecule has 0 heterocycles. The number of ether oxygens (including phenoxy) is 1. The maximum atomic E-state index is 13.8. The largest absolute Gasteiger partial charge is 0.497 e. The molecule has 3 aromatic rings. The van der Waals surface area contributed by atoms with Gasteiger partial charge in [0.25, 0.3) is 0 Å². The van der Waals surface area contributed by atoms with Gasteiger partial charge in [0, 0.05) is 24.8 Å². The Labute approximate surface area is 231 Å². The van der Waals surface area contributed by atoms with E-state index in [1.807, 2.05) is 66.7 Å². The minimum Gasteiger partial charge on any atom is -0.497 e. The molecule has 0 saturated heterocycles. The SMILES string of the molecule is COc1cccc(CN(C(=O)CSCc2ccccc2C)[C@@H](Cc2ccccc2)C(=O)NC2CCCC2)c1. The van der Waals surface area contributed by atoms with Gasteiger partial charge in [-0.05, 0) is 54.2 Å². The number of nitrogens with one attached hydrogen (secondary N) is 1. The molecule has 4 rings (SSSR count). The second kappa shape index (κ2) is 14.1. The summed E-state index contributed by atoms with van der Waals surface area (Å²) in [5.41, 5.74) is 4.42. The third-order valence-electron chi connectivity index (χ3n) is 7.20. The molecule has 0 bridgehead atoms. The van der Waals surface area contributed by atoms with E-state index in [4.69, 9.17) is 4.74 Å². The Kier molecular flexibility index (Phi) is 10.3. The van der Waals surface area contributed by atoms with Crippen molar-refractivity contribution in [3.63, 3.8) is 0 Å². The van der Waals surface area contributed by atoms with E-state index in [1.165, 1.54) is 11.1 Å². The standard InChI is InChI=1S/C32H38N2O3S/c1-24-11-6-7-15-27(24)22-38-23-31(35)34(21-26-14-10-18-29(19-26)37-2)30(20-25-12-4-3-5-13-25)32(36)33-28-16-8-9-17-28/h3-7,10-15,18-19,28,30H,8-9,16-17,20-23H2,1-2H3,(H,33,36)/t30-/m0/s1. The molecule has 6 heteroatoms. The quantitative estimate of drug-likeness (QED) is 0.315. The summed E-state index contributed by atoms with van der Waals surface area (Å²) in [5.74, 6) is 1.69. The Morgan fingerprint density at radius 3 is 2.42 bits per heavy atom. The van der Waals surface area contributed by atoms with Crippen molar-refractivity contribution >= 4 is 23.6 Å². The van der Waals surface area contributed by atoms with Crippen LogP contribution in [-0.4, -0.2) is 41.7 Å². The normalized spacial score (nSPS) is 14.2. The summed E-state index contributed by atoms with van der Waals surface area (Å²) in [7, 11) is 1.64. The molecule has 200 valence electrons. The summed E-state index contributed by atoms with van der Waals surface area (Å²) < 4.78 is 5.43. The molecule has 1 atom stereocenters. The van der Waals surface area contributed by atoms with E-state index in [0.717, 1.165) is 48.3 Å². The number of hydrogen-bond acceptors (Lipinski definition) is 4. The van der Waals surface area contributed by atoms with Crippen LogP contribution in [0.4, 0.5) is 0 Å². The van der Waals surface area contributed by atoms with Crippen LogP contribution in [-0.2, 0) is 28.3 Å². The fraction of sp³-hybridized carbons (Fsp3) is 0.375. The van der Waals surface area contributed by atoms with E-state index < -0.39 is 6.04 Å². The van der Waals surface area contributed by atoms with E-state index >= 15 is 0 Å². The van der Waals surface area contributed by atoms with Gasteiger partial charge in [-0.2, -0.15) is 0 Å². The zero-order chi connectivity index (χ0) is 26.7. The molecule has 1 fully saturated rings. The molecule has 0 aliphatic heterocycles. The summed E-state index contributed by atoms with van der Waals surface area (Å²) in [6, 6.07) is 25.6. The van der Waals surface area contributed by atoms with Crippen molar-refractivity contribution in [3.05, 3.63) is 101 Å². The number of rotatable bonds is 12. The third-order valence-corrected chi connectivity index (χ3v) is 8.17. The van der Waals surface area contributed by atoms with Crippen molar-refractivity contribution in [2.45, 2.75) is 63.4 Å². The zero-order valence-electron chi connectivity index (χ0n) is 22.4. The minimum absolute atomic E-state index is 0.0334. The van der Waals surface area contributed by atoms with Gasteiger partial charge >= 0.3 is 0 Å². The Morgan fingerprint density at radius 2 is 1.68 bits per heavy atom. The number of hydrogen-bond donors (Lipinski definition) is 1. The molecule has 0 aromatic heterocycles. The highest BCUT2D eigenvalue weighted by molar-refractivity contribution is 7.99. The van der Waals surface area contributed by atoms with E-state index in [0.29, 0.717) is 18.7 Å². The highest BCUT2D eigenvalue weighted by atomic mass is 32.2. The lowest BCUT2D eigenvalue weighted by Gasteiger charge is -2.32. The number of aryl methyl sites for hydroxylation is 1. The second-order valence-corrected chi connectivity index (χ2v) is 11.0. The van der Waals surface area contributed by atoms with Gasteiger partial charge in [0.05, 0.1) is 12.9 Å². The number of nitrogens with zero attached hydrogens (tertiary/aromatic N) is 1. The van der Waals surface area contributed by atoms with E-state index in [2.05, 4.69) is 24.4 Å². The number of methoxy groups -OCH3 is 1. The van der Waals surface area contributed by atoms with Crippen molar-refractivity contribution in [2.75, 3.05) is 12.9 Å². The highest BCUT2D eigenvalue weighted by Crippen LogP contribution is 2.23. The van der Waals surface area contributed by atoms with Gasteiger partial charge in [-0.1, -0.05) is 79.6 Å². The van der Waals surface area contributed by atoms with Crippen LogP contribution in [0.15, 0.2) is 78.9 Å². The minimum atomic E-state index is -0.601. The first-order valence-electron chi connectivity index (χ1n) is 13.4. The first-order valence-corrected chi connectivity index (χ1v) is 14.6. The lowest BCUT2D eigenvalue weighted by Crippen LogP contribution is -2.52. The number of carbonyl (C=O) groups excluding carboxylic acids is 2. The van der Waals surface area contributed by atoms with Gasteiger partial charge < -0.3 is 15.0 Å². The maximum absolute atomic E-state index is 13.8. The summed E-state index contributed by atoms with van der Waals surface area (Å²) >= 11 is 1.60. The summed E-state index contributed by atoms with van der Waals surface area (Å²) in [5, 5.41) is 3.27. The van der Waals surface area contributed by atoms with Crippen molar-refractivity contribution in [1.82, 2.24) is 10.2 Å². The molecule has 3 aromatic carbocycles. The van der Waals surface area contributed by atoms with Crippen molar-refractivity contribution < 1.29 is 14.3 Å². The van der Waals surface area contributed by atoms with Crippen LogP contribution in [0.1, 0.15) is 47.9 Å². The Hall–Kier alpha value is -3.25. The van der Waals surface area contributed by atoms with Crippen LogP contribution < -0.4 is 10.1 Å². The fourth-order valence-electron chi connectivity index (χ4n) is 4.99. The van der Waals surface area contributed by atoms with Crippen LogP contribution in [0, 0.1) is 6.92 Å². The molecule has 0 radical (unpaired) electrons. The molecule has 1 aliphatic rings. The van der Waals surface area contributed by atoms with Gasteiger partial charge in [-0.3, -0.25) is 9.59 Å². The Bertz CT molecular complexity index is 1190. The van der Waals surface area contributed by atoms with Crippen LogP contribution in [0.3, 0.4) is 0 Å². The molecule has 5 nitrogen and oxygen atoms in total. The summed E-state index contributed by atoms with van der Waals surface area (Å²) in [6.07, 6.45) is 4.74. The Balaban J connectivity index is 1.58. The third kappa shape index (κ3) is 7.87. The van der Waals surface area contributed by atoms with Gasteiger partial charge in [0.15, 0.2) is 0 Å². The van der Waals surface area contributed by atoms with E-state index in [1.54, 1.807) is 23.8 Å². The average molecular weight is 531 g/mol. The predicted octanol–water partition coefficient (Wildman–Crippen LogP) is 5.94. The van der Waals surface area contributed by atoms with Gasteiger partial charge in [-0.15, -0.1) is 11.8 Å². The molecule has 1 aliphatic carbocycles. The molecule has 38 heavy (non-hydrogen) atoms. The van der Waals surface area contributed by atoms with Crippen molar-refractivity contribution in [1.29, 1.82) is 0 Å². The van der Waals surface area contributed by atoms with Crippen molar-refractivity contribution in [2.24, 2.45) is 0 Å². The van der Waals surface area contributed by atoms with Crippen LogP contribution in [0.5, 0.6) is 5.75 Å². The van der Waals surface area contributed by atoms with Gasteiger partial charge in [0.1, 0.15) is 11.8 Å². The summed E-state index contributed by atoms with van der Waals surface area (Å²) in [6.45, 7) is 2.44. The highest BCUT2D eigenvalue weighted by Gasteiger charge is 2.32. The molecule has 0 unspecified atom stereocenters.